The molecular weight excluding hydrogens is 174 g/mol. The summed E-state index contributed by atoms with van der Waals surface area (Å²) in [7, 11) is 0. The minimum absolute atomic E-state index is 0.0761. The number of carbonyl (C=O) groups excluding carboxylic acids is 1. The quantitative estimate of drug-likeness (QED) is 0.470. The molecule has 0 aliphatic heterocycles. The van der Waals surface area contributed by atoms with E-state index >= 15 is 0 Å². The molecule has 12 heavy (non-hydrogen) atoms. The Hall–Kier alpha value is -0.0800. The normalized spacial score (nSPS) is 10.2. The van der Waals surface area contributed by atoms with Crippen LogP contribution in [-0.4, -0.2) is 24.8 Å². The molecule has 0 unspecified atom stereocenters. The highest BCUT2D eigenvalue weighted by Crippen LogP contribution is 1.96. The Morgan fingerprint density at radius 1 is 1.33 bits per heavy atom. The largest absolute Gasteiger partial charge is 0.310 e. The van der Waals surface area contributed by atoms with Crippen molar-refractivity contribution in [3.05, 3.63) is 0 Å². The third-order valence-electron chi connectivity index (χ3n) is 1.68. The van der Waals surface area contributed by atoms with E-state index < -0.39 is 0 Å². The lowest BCUT2D eigenvalue weighted by molar-refractivity contribution is -0.115. The van der Waals surface area contributed by atoms with E-state index in [-0.39, 0.29) is 11.7 Å². The van der Waals surface area contributed by atoms with Crippen LogP contribution in [0.4, 0.5) is 0 Å². The molecule has 0 atom stereocenters. The van der Waals surface area contributed by atoms with Crippen molar-refractivity contribution >= 4 is 17.4 Å². The van der Waals surface area contributed by atoms with E-state index in [2.05, 4.69) is 12.2 Å². The third kappa shape index (κ3) is 8.02. The first kappa shape index (κ1) is 11.9. The Kier molecular flexibility index (Phi) is 8.95. The SMILES string of the molecule is CCCCCCNCC(=O)CCl. The topological polar surface area (TPSA) is 29.1 Å². The van der Waals surface area contributed by atoms with E-state index in [1.807, 2.05) is 0 Å². The van der Waals surface area contributed by atoms with Crippen molar-refractivity contribution in [2.24, 2.45) is 0 Å². The predicted octanol–water partition coefficient (Wildman–Crippen LogP) is 1.96. The Morgan fingerprint density at radius 2 is 2.08 bits per heavy atom. The van der Waals surface area contributed by atoms with Gasteiger partial charge in [0.15, 0.2) is 5.78 Å². The number of hydrogen-bond acceptors (Lipinski definition) is 2. The monoisotopic (exact) mass is 191 g/mol. The first-order valence-electron chi connectivity index (χ1n) is 4.59. The number of rotatable bonds is 8. The molecule has 0 aliphatic carbocycles. The minimum Gasteiger partial charge on any atom is -0.310 e. The average molecular weight is 192 g/mol. The van der Waals surface area contributed by atoms with E-state index in [0.717, 1.165) is 13.0 Å². The molecule has 0 aromatic rings. The van der Waals surface area contributed by atoms with Crippen LogP contribution in [0.5, 0.6) is 0 Å². The van der Waals surface area contributed by atoms with Crippen LogP contribution in [0.1, 0.15) is 32.6 Å². The fourth-order valence-corrected chi connectivity index (χ4v) is 1.05. The van der Waals surface area contributed by atoms with Crippen molar-refractivity contribution in [1.29, 1.82) is 0 Å². The fourth-order valence-electron chi connectivity index (χ4n) is 0.952. The summed E-state index contributed by atoms with van der Waals surface area (Å²) in [5, 5.41) is 3.06. The van der Waals surface area contributed by atoms with E-state index in [9.17, 15) is 4.79 Å². The van der Waals surface area contributed by atoms with E-state index in [4.69, 9.17) is 11.6 Å². The summed E-state index contributed by atoms with van der Waals surface area (Å²) in [6.45, 7) is 3.54. The van der Waals surface area contributed by atoms with Crippen molar-refractivity contribution in [3.63, 3.8) is 0 Å². The molecule has 0 aromatic heterocycles. The lowest BCUT2D eigenvalue weighted by Gasteiger charge is -2.01. The molecule has 0 rings (SSSR count). The van der Waals surface area contributed by atoms with E-state index in [1.165, 1.54) is 19.3 Å². The molecule has 0 radical (unpaired) electrons. The van der Waals surface area contributed by atoms with Gasteiger partial charge >= 0.3 is 0 Å². The number of hydrogen-bond donors (Lipinski definition) is 1. The van der Waals surface area contributed by atoms with Crippen LogP contribution in [-0.2, 0) is 4.79 Å². The fraction of sp³-hybridized carbons (Fsp3) is 0.889. The maximum Gasteiger partial charge on any atom is 0.161 e. The Bertz CT molecular complexity index is 117. The summed E-state index contributed by atoms with van der Waals surface area (Å²) in [6.07, 6.45) is 4.94. The van der Waals surface area contributed by atoms with Crippen molar-refractivity contribution < 1.29 is 4.79 Å². The molecule has 0 amide bonds. The zero-order chi connectivity index (χ0) is 9.23. The second kappa shape index (κ2) is 9.01. The van der Waals surface area contributed by atoms with Crippen molar-refractivity contribution in [2.45, 2.75) is 32.6 Å². The summed E-state index contributed by atoms with van der Waals surface area (Å²) in [4.78, 5) is 10.7. The van der Waals surface area contributed by atoms with Gasteiger partial charge in [0.25, 0.3) is 0 Å². The standard InChI is InChI=1S/C9H18ClNO/c1-2-3-4-5-6-11-8-9(12)7-10/h11H,2-8H2,1H3. The average Bonchev–Trinajstić information content (AvgIpc) is 2.10. The van der Waals surface area contributed by atoms with Gasteiger partial charge in [-0.1, -0.05) is 26.2 Å². The lowest BCUT2D eigenvalue weighted by atomic mass is 10.2. The zero-order valence-electron chi connectivity index (χ0n) is 7.74. The van der Waals surface area contributed by atoms with Gasteiger partial charge in [0.05, 0.1) is 12.4 Å². The van der Waals surface area contributed by atoms with Gasteiger partial charge < -0.3 is 5.32 Å². The highest BCUT2D eigenvalue weighted by Gasteiger charge is 1.96. The lowest BCUT2D eigenvalue weighted by Crippen LogP contribution is -2.24. The molecule has 1 N–H and O–H groups in total. The van der Waals surface area contributed by atoms with Gasteiger partial charge in [-0.3, -0.25) is 4.79 Å². The minimum atomic E-state index is 0.0761. The number of nitrogens with one attached hydrogen (secondary N) is 1. The van der Waals surface area contributed by atoms with Crippen LogP contribution in [0.2, 0.25) is 0 Å². The molecule has 0 heterocycles. The summed E-state index contributed by atoms with van der Waals surface area (Å²) in [6, 6.07) is 0. The highest BCUT2D eigenvalue weighted by atomic mass is 35.5. The third-order valence-corrected chi connectivity index (χ3v) is 1.98. The van der Waals surface area contributed by atoms with Crippen LogP contribution in [0, 0.1) is 0 Å². The van der Waals surface area contributed by atoms with Gasteiger partial charge in [-0.15, -0.1) is 11.6 Å². The Balaban J connectivity index is 2.95. The zero-order valence-corrected chi connectivity index (χ0v) is 8.49. The number of alkyl halides is 1. The van der Waals surface area contributed by atoms with Crippen molar-refractivity contribution in [3.8, 4) is 0 Å². The molecule has 0 saturated heterocycles. The highest BCUT2D eigenvalue weighted by molar-refractivity contribution is 6.27. The van der Waals surface area contributed by atoms with Gasteiger partial charge in [-0.05, 0) is 13.0 Å². The number of ketones is 1. The maximum atomic E-state index is 10.7. The molecule has 0 fully saturated rings. The summed E-state index contributed by atoms with van der Waals surface area (Å²) >= 11 is 5.32. The maximum absolute atomic E-state index is 10.7. The molecule has 0 saturated carbocycles. The van der Waals surface area contributed by atoms with Gasteiger partial charge in [-0.2, -0.15) is 0 Å². The van der Waals surface area contributed by atoms with Gasteiger partial charge in [0.2, 0.25) is 0 Å². The molecule has 0 spiro atoms. The number of carbonyl (C=O) groups is 1. The van der Waals surface area contributed by atoms with Gasteiger partial charge in [0, 0.05) is 0 Å². The molecule has 3 heteroatoms. The smallest absolute Gasteiger partial charge is 0.161 e. The second-order valence-corrected chi connectivity index (χ2v) is 3.18. The van der Waals surface area contributed by atoms with Crippen LogP contribution in [0.15, 0.2) is 0 Å². The van der Waals surface area contributed by atoms with E-state index in [1.54, 1.807) is 0 Å². The molecular formula is C9H18ClNO. The summed E-state index contributed by atoms with van der Waals surface area (Å²) < 4.78 is 0. The first-order chi connectivity index (χ1) is 5.81. The van der Waals surface area contributed by atoms with Crippen molar-refractivity contribution in [1.82, 2.24) is 5.32 Å². The Labute approximate surface area is 79.7 Å². The predicted molar refractivity (Wildman–Crippen MR) is 52.7 cm³/mol. The number of unbranched alkanes of at least 4 members (excludes halogenated alkanes) is 3. The molecule has 0 aromatic carbocycles. The molecule has 72 valence electrons. The summed E-state index contributed by atoms with van der Waals surface area (Å²) in [5.41, 5.74) is 0. The summed E-state index contributed by atoms with van der Waals surface area (Å²) in [5.74, 6) is 0.203. The van der Waals surface area contributed by atoms with Crippen LogP contribution >= 0.6 is 11.6 Å². The van der Waals surface area contributed by atoms with Crippen molar-refractivity contribution in [2.75, 3.05) is 19.0 Å². The number of halogens is 1. The van der Waals surface area contributed by atoms with E-state index in [0.29, 0.717) is 6.54 Å². The Morgan fingerprint density at radius 3 is 2.67 bits per heavy atom. The second-order valence-electron chi connectivity index (χ2n) is 2.91. The molecule has 0 aliphatic rings. The molecule has 0 bridgehead atoms. The van der Waals surface area contributed by atoms with Crippen LogP contribution in [0.3, 0.4) is 0 Å². The molecule has 2 nitrogen and oxygen atoms in total. The first-order valence-corrected chi connectivity index (χ1v) is 5.13. The van der Waals surface area contributed by atoms with Crippen LogP contribution < -0.4 is 5.32 Å². The number of Topliss-reactive ketones (excluding diaryl/α,β-unsaturated/α-hetero) is 1. The van der Waals surface area contributed by atoms with Gasteiger partial charge in [0.1, 0.15) is 0 Å². The van der Waals surface area contributed by atoms with Gasteiger partial charge in [-0.25, -0.2) is 0 Å². The van der Waals surface area contributed by atoms with Crippen LogP contribution in [0.25, 0.3) is 0 Å².